The fourth-order valence-corrected chi connectivity index (χ4v) is 1.45. The monoisotopic (exact) mass is 161 g/mol. The molecule has 1 aromatic carbocycles. The van der Waals surface area contributed by atoms with Gasteiger partial charge in [-0.3, -0.25) is 4.68 Å². The second-order valence-corrected chi connectivity index (χ2v) is 3.00. The first kappa shape index (κ1) is 7.16. The number of aryl methyl sites for hydroxylation is 2. The summed E-state index contributed by atoms with van der Waals surface area (Å²) in [5.74, 6) is 0. The maximum Gasteiger partial charge on any atom is 0.0910 e. The summed E-state index contributed by atoms with van der Waals surface area (Å²) in [7, 11) is 1.90. The summed E-state index contributed by atoms with van der Waals surface area (Å²) >= 11 is 0. The predicted octanol–water partition coefficient (Wildman–Crippen LogP) is 1.46. The molecule has 0 aliphatic heterocycles. The summed E-state index contributed by atoms with van der Waals surface area (Å²) in [6.45, 7) is 2.06. The fourth-order valence-electron chi connectivity index (χ4n) is 1.45. The van der Waals surface area contributed by atoms with Crippen LogP contribution in [0.15, 0.2) is 18.3 Å². The van der Waals surface area contributed by atoms with Gasteiger partial charge in [-0.1, -0.05) is 6.07 Å². The van der Waals surface area contributed by atoms with Crippen LogP contribution in [0.1, 0.15) is 5.56 Å². The molecule has 12 heavy (non-hydrogen) atoms. The van der Waals surface area contributed by atoms with E-state index in [1.807, 2.05) is 25.4 Å². The van der Waals surface area contributed by atoms with Crippen molar-refractivity contribution >= 4 is 16.6 Å². The van der Waals surface area contributed by atoms with E-state index in [-0.39, 0.29) is 0 Å². The SMILES string of the molecule is Cc1ccc(N)c2c1cnn2C. The quantitative estimate of drug-likeness (QED) is 0.594. The number of hydrogen-bond donors (Lipinski definition) is 1. The van der Waals surface area contributed by atoms with Crippen molar-refractivity contribution in [3.8, 4) is 0 Å². The van der Waals surface area contributed by atoms with Crippen LogP contribution in [0.2, 0.25) is 0 Å². The lowest BCUT2D eigenvalue weighted by Gasteiger charge is -2.00. The van der Waals surface area contributed by atoms with Crippen molar-refractivity contribution in [2.24, 2.45) is 7.05 Å². The first-order chi connectivity index (χ1) is 5.70. The zero-order valence-electron chi connectivity index (χ0n) is 7.20. The Morgan fingerprint density at radius 2 is 2.17 bits per heavy atom. The van der Waals surface area contributed by atoms with E-state index >= 15 is 0 Å². The van der Waals surface area contributed by atoms with Crippen LogP contribution in [-0.4, -0.2) is 9.78 Å². The minimum Gasteiger partial charge on any atom is -0.397 e. The maximum atomic E-state index is 5.81. The number of nitrogens with two attached hydrogens (primary N) is 1. The van der Waals surface area contributed by atoms with Gasteiger partial charge < -0.3 is 5.73 Å². The Kier molecular flexibility index (Phi) is 1.33. The molecule has 0 saturated carbocycles. The largest absolute Gasteiger partial charge is 0.397 e. The highest BCUT2D eigenvalue weighted by Crippen LogP contribution is 2.22. The van der Waals surface area contributed by atoms with Gasteiger partial charge >= 0.3 is 0 Å². The smallest absolute Gasteiger partial charge is 0.0910 e. The number of nitrogen functional groups attached to an aromatic ring is 1. The number of anilines is 1. The molecule has 0 radical (unpaired) electrons. The van der Waals surface area contributed by atoms with Crippen LogP contribution >= 0.6 is 0 Å². The van der Waals surface area contributed by atoms with E-state index in [1.165, 1.54) is 5.56 Å². The van der Waals surface area contributed by atoms with Crippen molar-refractivity contribution in [1.29, 1.82) is 0 Å². The second kappa shape index (κ2) is 2.24. The Balaban J connectivity index is 2.98. The molecule has 1 heterocycles. The van der Waals surface area contributed by atoms with E-state index in [4.69, 9.17) is 5.73 Å². The zero-order chi connectivity index (χ0) is 8.72. The highest BCUT2D eigenvalue weighted by molar-refractivity contribution is 5.91. The highest BCUT2D eigenvalue weighted by Gasteiger charge is 2.04. The lowest BCUT2D eigenvalue weighted by molar-refractivity contribution is 0.798. The van der Waals surface area contributed by atoms with Gasteiger partial charge in [0.1, 0.15) is 0 Å². The molecule has 1 aromatic heterocycles. The molecular formula is C9H11N3. The van der Waals surface area contributed by atoms with E-state index in [0.29, 0.717) is 0 Å². The van der Waals surface area contributed by atoms with E-state index in [0.717, 1.165) is 16.6 Å². The van der Waals surface area contributed by atoms with Gasteiger partial charge in [0.25, 0.3) is 0 Å². The summed E-state index contributed by atoms with van der Waals surface area (Å²) < 4.78 is 1.80. The topological polar surface area (TPSA) is 43.8 Å². The van der Waals surface area contributed by atoms with Crippen LogP contribution in [0, 0.1) is 6.92 Å². The van der Waals surface area contributed by atoms with Crippen LogP contribution in [-0.2, 0) is 7.05 Å². The molecule has 0 spiro atoms. The van der Waals surface area contributed by atoms with Crippen LogP contribution in [0.3, 0.4) is 0 Å². The summed E-state index contributed by atoms with van der Waals surface area (Å²) in [5, 5.41) is 5.29. The van der Waals surface area contributed by atoms with Gasteiger partial charge in [-0.05, 0) is 18.6 Å². The number of nitrogens with zero attached hydrogens (tertiary/aromatic N) is 2. The van der Waals surface area contributed by atoms with E-state index in [2.05, 4.69) is 12.0 Å². The third-order valence-corrected chi connectivity index (χ3v) is 2.15. The lowest BCUT2D eigenvalue weighted by Crippen LogP contribution is -1.94. The molecule has 0 fully saturated rings. The van der Waals surface area contributed by atoms with E-state index in [9.17, 15) is 0 Å². The van der Waals surface area contributed by atoms with Gasteiger partial charge in [-0.2, -0.15) is 5.10 Å². The van der Waals surface area contributed by atoms with Gasteiger partial charge in [-0.25, -0.2) is 0 Å². The highest BCUT2D eigenvalue weighted by atomic mass is 15.3. The Hall–Kier alpha value is -1.51. The van der Waals surface area contributed by atoms with E-state index in [1.54, 1.807) is 4.68 Å². The van der Waals surface area contributed by atoms with Crippen molar-refractivity contribution in [2.45, 2.75) is 6.92 Å². The van der Waals surface area contributed by atoms with Crippen molar-refractivity contribution in [1.82, 2.24) is 9.78 Å². The van der Waals surface area contributed by atoms with E-state index < -0.39 is 0 Å². The Morgan fingerprint density at radius 3 is 2.83 bits per heavy atom. The molecule has 0 atom stereocenters. The molecule has 3 heteroatoms. The van der Waals surface area contributed by atoms with Gasteiger partial charge in [0, 0.05) is 12.4 Å². The zero-order valence-corrected chi connectivity index (χ0v) is 7.20. The van der Waals surface area contributed by atoms with Gasteiger partial charge in [-0.15, -0.1) is 0 Å². The van der Waals surface area contributed by atoms with Crippen LogP contribution in [0.5, 0.6) is 0 Å². The number of fused-ring (bicyclic) bond motifs is 1. The van der Waals surface area contributed by atoms with Gasteiger partial charge in [0.05, 0.1) is 17.4 Å². The molecule has 0 bridgehead atoms. The minimum atomic E-state index is 0.788. The molecule has 62 valence electrons. The molecule has 2 N–H and O–H groups in total. The molecule has 0 amide bonds. The minimum absolute atomic E-state index is 0.788. The Labute approximate surface area is 70.8 Å². The molecular weight excluding hydrogens is 150 g/mol. The summed E-state index contributed by atoms with van der Waals surface area (Å²) in [6.07, 6.45) is 1.85. The lowest BCUT2D eigenvalue weighted by atomic mass is 10.1. The summed E-state index contributed by atoms with van der Waals surface area (Å²) in [5.41, 5.74) is 8.84. The maximum absolute atomic E-state index is 5.81. The first-order valence-corrected chi connectivity index (χ1v) is 3.87. The van der Waals surface area contributed by atoms with Gasteiger partial charge in [0.15, 0.2) is 0 Å². The second-order valence-electron chi connectivity index (χ2n) is 3.00. The molecule has 0 aliphatic carbocycles. The standard InChI is InChI=1S/C9H11N3/c1-6-3-4-8(10)9-7(6)5-11-12(9)2/h3-5H,10H2,1-2H3. The average Bonchev–Trinajstić information content (AvgIpc) is 2.42. The van der Waals surface area contributed by atoms with Crippen molar-refractivity contribution in [2.75, 3.05) is 5.73 Å². The summed E-state index contributed by atoms with van der Waals surface area (Å²) in [4.78, 5) is 0. The molecule has 0 unspecified atom stereocenters. The first-order valence-electron chi connectivity index (χ1n) is 3.87. The molecule has 0 saturated heterocycles. The number of aromatic nitrogens is 2. The van der Waals surface area contributed by atoms with Crippen molar-refractivity contribution in [3.63, 3.8) is 0 Å². The summed E-state index contributed by atoms with van der Waals surface area (Å²) in [6, 6.07) is 3.93. The van der Waals surface area contributed by atoms with Crippen molar-refractivity contribution in [3.05, 3.63) is 23.9 Å². The molecule has 3 nitrogen and oxygen atoms in total. The normalized spacial score (nSPS) is 10.8. The number of hydrogen-bond acceptors (Lipinski definition) is 2. The number of rotatable bonds is 0. The van der Waals surface area contributed by atoms with Crippen LogP contribution < -0.4 is 5.73 Å². The molecule has 2 rings (SSSR count). The Bertz CT molecular complexity index is 429. The van der Waals surface area contributed by atoms with Crippen LogP contribution in [0.25, 0.3) is 10.9 Å². The van der Waals surface area contributed by atoms with Gasteiger partial charge in [0.2, 0.25) is 0 Å². The fraction of sp³-hybridized carbons (Fsp3) is 0.222. The molecule has 2 aromatic rings. The third kappa shape index (κ3) is 0.794. The molecule has 0 aliphatic rings. The predicted molar refractivity (Wildman–Crippen MR) is 49.9 cm³/mol. The Morgan fingerprint density at radius 1 is 1.42 bits per heavy atom. The number of benzene rings is 1. The van der Waals surface area contributed by atoms with Crippen molar-refractivity contribution < 1.29 is 0 Å². The van der Waals surface area contributed by atoms with Crippen LogP contribution in [0.4, 0.5) is 5.69 Å². The average molecular weight is 161 g/mol. The third-order valence-electron chi connectivity index (χ3n) is 2.15.